The molecule has 0 heterocycles. The Kier molecular flexibility index (Phi) is 4.25. The molecule has 6 nitrogen and oxygen atoms in total. The molecule has 0 atom stereocenters. The number of nitro benzene ring substituents is 1. The number of hydrogen-bond acceptors (Lipinski definition) is 4. The maximum absolute atomic E-state index is 12.1. The summed E-state index contributed by atoms with van der Waals surface area (Å²) in [5, 5.41) is 22.9. The Labute approximate surface area is 120 Å². The Morgan fingerprint density at radius 3 is 2.60 bits per heavy atom. The van der Waals surface area contributed by atoms with Gasteiger partial charge < -0.3 is 10.4 Å². The molecule has 0 bridgehead atoms. The van der Waals surface area contributed by atoms with Gasteiger partial charge >= 0.3 is 0 Å². The number of rotatable bonds is 4. The molecule has 1 saturated carbocycles. The average molecular weight is 299 g/mol. The van der Waals surface area contributed by atoms with E-state index in [1.807, 2.05) is 0 Å². The largest absolute Gasteiger partial charge is 0.394 e. The summed E-state index contributed by atoms with van der Waals surface area (Å²) >= 11 is 5.78. The molecule has 0 saturated heterocycles. The Hall–Kier alpha value is -1.66. The van der Waals surface area contributed by atoms with Gasteiger partial charge in [-0.1, -0.05) is 24.4 Å². The minimum Gasteiger partial charge on any atom is -0.394 e. The smallest absolute Gasteiger partial charge is 0.287 e. The van der Waals surface area contributed by atoms with Crippen LogP contribution in [0.1, 0.15) is 36.0 Å². The summed E-state index contributed by atoms with van der Waals surface area (Å²) in [6.45, 7) is -0.112. The van der Waals surface area contributed by atoms with E-state index in [9.17, 15) is 20.0 Å². The second-order valence-electron chi connectivity index (χ2n) is 5.02. The third-order valence-corrected chi connectivity index (χ3v) is 3.95. The third kappa shape index (κ3) is 2.91. The van der Waals surface area contributed by atoms with E-state index >= 15 is 0 Å². The molecule has 108 valence electrons. The van der Waals surface area contributed by atoms with Gasteiger partial charge in [-0.2, -0.15) is 0 Å². The van der Waals surface area contributed by atoms with Crippen LogP contribution in [0.4, 0.5) is 5.69 Å². The number of nitro groups is 1. The van der Waals surface area contributed by atoms with Gasteiger partial charge in [0.1, 0.15) is 5.02 Å². The second kappa shape index (κ2) is 5.76. The van der Waals surface area contributed by atoms with Crippen LogP contribution in [0.3, 0.4) is 0 Å². The number of nitrogens with zero attached hydrogens (tertiary/aromatic N) is 1. The van der Waals surface area contributed by atoms with Crippen LogP contribution in [0.15, 0.2) is 18.2 Å². The average Bonchev–Trinajstić information content (AvgIpc) is 2.87. The number of aliphatic hydroxyl groups is 1. The van der Waals surface area contributed by atoms with Gasteiger partial charge in [-0.05, 0) is 25.0 Å². The lowest BCUT2D eigenvalue weighted by molar-refractivity contribution is -0.384. The van der Waals surface area contributed by atoms with E-state index in [0.717, 1.165) is 25.7 Å². The third-order valence-electron chi connectivity index (χ3n) is 3.65. The van der Waals surface area contributed by atoms with E-state index in [2.05, 4.69) is 5.32 Å². The van der Waals surface area contributed by atoms with Crippen molar-refractivity contribution in [3.05, 3.63) is 38.9 Å². The van der Waals surface area contributed by atoms with E-state index in [1.54, 1.807) is 0 Å². The van der Waals surface area contributed by atoms with Gasteiger partial charge in [0, 0.05) is 11.6 Å². The van der Waals surface area contributed by atoms with Gasteiger partial charge in [-0.3, -0.25) is 14.9 Å². The van der Waals surface area contributed by atoms with E-state index in [1.165, 1.54) is 18.2 Å². The van der Waals surface area contributed by atoms with Gasteiger partial charge in [0.25, 0.3) is 11.6 Å². The van der Waals surface area contributed by atoms with Crippen molar-refractivity contribution in [2.45, 2.75) is 31.2 Å². The fraction of sp³-hybridized carbons (Fsp3) is 0.462. The zero-order chi connectivity index (χ0) is 14.8. The highest BCUT2D eigenvalue weighted by Gasteiger charge is 2.35. The number of hydrogen-bond donors (Lipinski definition) is 2. The number of amides is 1. The lowest BCUT2D eigenvalue weighted by Gasteiger charge is -2.28. The van der Waals surface area contributed by atoms with Gasteiger partial charge in [-0.15, -0.1) is 0 Å². The Morgan fingerprint density at radius 2 is 2.10 bits per heavy atom. The number of benzene rings is 1. The topological polar surface area (TPSA) is 92.5 Å². The lowest BCUT2D eigenvalue weighted by Crippen LogP contribution is -2.49. The Balaban J connectivity index is 2.17. The zero-order valence-corrected chi connectivity index (χ0v) is 11.5. The fourth-order valence-corrected chi connectivity index (χ4v) is 2.73. The first-order valence-corrected chi connectivity index (χ1v) is 6.72. The van der Waals surface area contributed by atoms with Crippen LogP contribution in [-0.4, -0.2) is 28.1 Å². The van der Waals surface area contributed by atoms with Crippen LogP contribution < -0.4 is 5.32 Å². The molecule has 1 amide bonds. The molecule has 7 heteroatoms. The van der Waals surface area contributed by atoms with Gasteiger partial charge in [0.15, 0.2) is 0 Å². The molecule has 2 N–H and O–H groups in total. The molecule has 0 radical (unpaired) electrons. The molecule has 20 heavy (non-hydrogen) atoms. The summed E-state index contributed by atoms with van der Waals surface area (Å²) in [5.41, 5.74) is -0.563. The molecule has 1 aromatic rings. The van der Waals surface area contributed by atoms with Crippen molar-refractivity contribution in [2.75, 3.05) is 6.61 Å². The van der Waals surface area contributed by atoms with Gasteiger partial charge in [0.05, 0.1) is 17.1 Å². The molecule has 2 rings (SSSR count). The summed E-state index contributed by atoms with van der Waals surface area (Å²) in [4.78, 5) is 22.2. The molecule has 0 aliphatic heterocycles. The molecule has 0 spiro atoms. The van der Waals surface area contributed by atoms with Crippen molar-refractivity contribution in [1.29, 1.82) is 0 Å². The molecule has 1 fully saturated rings. The maximum atomic E-state index is 12.1. The summed E-state index contributed by atoms with van der Waals surface area (Å²) < 4.78 is 0. The fourth-order valence-electron chi connectivity index (χ4n) is 2.48. The number of halogens is 1. The molecule has 1 aliphatic carbocycles. The van der Waals surface area contributed by atoms with Crippen molar-refractivity contribution < 1.29 is 14.8 Å². The standard InChI is InChI=1S/C13H15ClN2O4/c14-10-7-9(3-4-11(10)16(19)20)12(18)15-13(8-17)5-1-2-6-13/h3-4,7,17H,1-2,5-6,8H2,(H,15,18). The highest BCUT2D eigenvalue weighted by molar-refractivity contribution is 6.33. The van der Waals surface area contributed by atoms with E-state index in [4.69, 9.17) is 11.6 Å². The first kappa shape index (κ1) is 14.7. The minimum absolute atomic E-state index is 0.0767. The van der Waals surface area contributed by atoms with E-state index in [-0.39, 0.29) is 28.8 Å². The first-order valence-electron chi connectivity index (χ1n) is 6.35. The highest BCUT2D eigenvalue weighted by atomic mass is 35.5. The summed E-state index contributed by atoms with van der Waals surface area (Å²) in [6, 6.07) is 3.84. The molecule has 1 aromatic carbocycles. The number of nitrogens with one attached hydrogen (secondary N) is 1. The Morgan fingerprint density at radius 1 is 1.45 bits per heavy atom. The SMILES string of the molecule is O=C(NC1(CO)CCCC1)c1ccc([N+](=O)[O-])c(Cl)c1. The van der Waals surface area contributed by atoms with Crippen molar-refractivity contribution in [1.82, 2.24) is 5.32 Å². The van der Waals surface area contributed by atoms with Crippen LogP contribution in [-0.2, 0) is 0 Å². The van der Waals surface area contributed by atoms with Crippen molar-refractivity contribution in [3.63, 3.8) is 0 Å². The summed E-state index contributed by atoms with van der Waals surface area (Å²) in [7, 11) is 0. The van der Waals surface area contributed by atoms with Crippen LogP contribution in [0, 0.1) is 10.1 Å². The maximum Gasteiger partial charge on any atom is 0.287 e. The normalized spacial score (nSPS) is 16.9. The second-order valence-corrected chi connectivity index (χ2v) is 5.43. The van der Waals surface area contributed by atoms with Crippen LogP contribution >= 0.6 is 11.6 Å². The predicted octanol–water partition coefficient (Wildman–Crippen LogP) is 2.28. The minimum atomic E-state index is -0.601. The van der Waals surface area contributed by atoms with Crippen LogP contribution in [0.25, 0.3) is 0 Å². The van der Waals surface area contributed by atoms with Crippen LogP contribution in [0.2, 0.25) is 5.02 Å². The zero-order valence-electron chi connectivity index (χ0n) is 10.8. The Bertz CT molecular complexity index is 541. The summed E-state index contributed by atoms with van der Waals surface area (Å²) in [5.74, 6) is -0.377. The summed E-state index contributed by atoms with van der Waals surface area (Å²) in [6.07, 6.45) is 3.38. The molecule has 1 aliphatic rings. The van der Waals surface area contributed by atoms with E-state index in [0.29, 0.717) is 0 Å². The number of carbonyl (C=O) groups excluding carboxylic acids is 1. The van der Waals surface area contributed by atoms with Crippen molar-refractivity contribution in [2.24, 2.45) is 0 Å². The predicted molar refractivity (Wildman–Crippen MR) is 73.9 cm³/mol. The quantitative estimate of drug-likeness (QED) is 0.659. The number of aliphatic hydroxyl groups excluding tert-OH is 1. The molecular formula is C13H15ClN2O4. The first-order chi connectivity index (χ1) is 9.47. The lowest BCUT2D eigenvalue weighted by atomic mass is 9.98. The van der Waals surface area contributed by atoms with Crippen molar-refractivity contribution >= 4 is 23.2 Å². The van der Waals surface area contributed by atoms with Gasteiger partial charge in [-0.25, -0.2) is 0 Å². The number of carbonyl (C=O) groups is 1. The van der Waals surface area contributed by atoms with Gasteiger partial charge in [0.2, 0.25) is 0 Å². The molecule has 0 unspecified atom stereocenters. The van der Waals surface area contributed by atoms with E-state index < -0.39 is 10.5 Å². The van der Waals surface area contributed by atoms with Crippen molar-refractivity contribution in [3.8, 4) is 0 Å². The molecular weight excluding hydrogens is 284 g/mol. The van der Waals surface area contributed by atoms with Crippen LogP contribution in [0.5, 0.6) is 0 Å². The highest BCUT2D eigenvalue weighted by Crippen LogP contribution is 2.30. The monoisotopic (exact) mass is 298 g/mol. The molecule has 0 aromatic heterocycles.